The van der Waals surface area contributed by atoms with E-state index < -0.39 is 0 Å². The minimum absolute atomic E-state index is 0.0347. The van der Waals surface area contributed by atoms with Gasteiger partial charge in [0.05, 0.1) is 5.25 Å². The van der Waals surface area contributed by atoms with Crippen molar-refractivity contribution in [3.63, 3.8) is 0 Å². The summed E-state index contributed by atoms with van der Waals surface area (Å²) in [6.45, 7) is 0. The quantitative estimate of drug-likeness (QED) is 0.534. The van der Waals surface area contributed by atoms with Crippen LogP contribution in [0.5, 0.6) is 0 Å². The number of hydrogen-bond donors (Lipinski definition) is 0. The topological polar surface area (TPSA) is 17.1 Å². The van der Waals surface area contributed by atoms with E-state index in [1.54, 1.807) is 23.9 Å². The molecule has 0 amide bonds. The van der Waals surface area contributed by atoms with E-state index in [1.807, 2.05) is 60.7 Å². The fourth-order valence-corrected chi connectivity index (χ4v) is 4.27. The lowest BCUT2D eigenvalue weighted by Gasteiger charge is -2.26. The van der Waals surface area contributed by atoms with E-state index in [-0.39, 0.29) is 16.9 Å². The average Bonchev–Trinajstić information content (AvgIpc) is 2.66. The molecule has 0 bridgehead atoms. The van der Waals surface area contributed by atoms with Crippen LogP contribution in [0, 0.1) is 5.82 Å². The first-order valence-electron chi connectivity index (χ1n) is 8.05. The van der Waals surface area contributed by atoms with Crippen LogP contribution in [0.3, 0.4) is 0 Å². The summed E-state index contributed by atoms with van der Waals surface area (Å²) >= 11 is 1.68. The minimum Gasteiger partial charge on any atom is -0.289 e. The maximum absolute atomic E-state index is 13.2. The lowest BCUT2D eigenvalue weighted by atomic mass is 9.94. The summed E-state index contributed by atoms with van der Waals surface area (Å²) in [5.41, 5.74) is 3.36. The van der Waals surface area contributed by atoms with Crippen molar-refractivity contribution in [2.45, 2.75) is 10.1 Å². The summed E-state index contributed by atoms with van der Waals surface area (Å²) in [5.74, 6) is -0.246. The van der Waals surface area contributed by atoms with E-state index in [0.29, 0.717) is 0 Å². The second kappa shape index (κ2) is 6.69. The molecule has 25 heavy (non-hydrogen) atoms. The van der Waals surface area contributed by atoms with Gasteiger partial charge in [-0.2, -0.15) is 0 Å². The van der Waals surface area contributed by atoms with E-state index in [1.165, 1.54) is 12.1 Å². The largest absolute Gasteiger partial charge is 0.289 e. The van der Waals surface area contributed by atoms with Crippen molar-refractivity contribution in [3.05, 3.63) is 107 Å². The summed E-state index contributed by atoms with van der Waals surface area (Å²) in [6.07, 6.45) is 1.88. The number of thioether (sulfide) groups is 1. The molecule has 0 spiro atoms. The predicted molar refractivity (Wildman–Crippen MR) is 100 cm³/mol. The molecule has 1 unspecified atom stereocenters. The molecule has 1 aliphatic rings. The molecule has 0 saturated carbocycles. The zero-order valence-electron chi connectivity index (χ0n) is 13.4. The Hall–Kier alpha value is -2.65. The van der Waals surface area contributed by atoms with Gasteiger partial charge in [-0.25, -0.2) is 4.39 Å². The summed E-state index contributed by atoms with van der Waals surface area (Å²) in [6, 6.07) is 23.9. The third-order valence-electron chi connectivity index (χ3n) is 4.22. The van der Waals surface area contributed by atoms with Gasteiger partial charge in [-0.15, -0.1) is 11.8 Å². The number of hydrogen-bond acceptors (Lipinski definition) is 2. The lowest BCUT2D eigenvalue weighted by molar-refractivity contribution is 0.102. The van der Waals surface area contributed by atoms with Crippen LogP contribution in [0.25, 0.3) is 6.08 Å². The second-order valence-electron chi connectivity index (χ2n) is 5.89. The Morgan fingerprint density at radius 3 is 2.28 bits per heavy atom. The van der Waals surface area contributed by atoms with Gasteiger partial charge in [-0.3, -0.25) is 4.79 Å². The van der Waals surface area contributed by atoms with Crippen LogP contribution in [0.4, 0.5) is 4.39 Å². The van der Waals surface area contributed by atoms with Crippen molar-refractivity contribution < 1.29 is 9.18 Å². The second-order valence-corrected chi connectivity index (χ2v) is 7.03. The first-order chi connectivity index (χ1) is 12.2. The number of benzene rings is 3. The predicted octanol–water partition coefficient (Wildman–Crippen LogP) is 5.94. The maximum Gasteiger partial charge on any atom is 0.191 e. The molecule has 0 aromatic heterocycles. The van der Waals surface area contributed by atoms with Crippen LogP contribution in [-0.2, 0) is 0 Å². The van der Waals surface area contributed by atoms with Crippen molar-refractivity contribution in [2.24, 2.45) is 0 Å². The molecule has 0 N–H and O–H groups in total. The van der Waals surface area contributed by atoms with E-state index in [2.05, 4.69) is 0 Å². The number of carbonyl (C=O) groups excluding carboxylic acids is 1. The van der Waals surface area contributed by atoms with Crippen LogP contribution in [0.2, 0.25) is 0 Å². The van der Waals surface area contributed by atoms with Crippen LogP contribution < -0.4 is 0 Å². The number of carbonyl (C=O) groups is 1. The molecule has 1 atom stereocenters. The number of fused-ring (bicyclic) bond motifs is 1. The molecule has 0 radical (unpaired) electrons. The zero-order chi connectivity index (χ0) is 17.2. The van der Waals surface area contributed by atoms with Crippen molar-refractivity contribution in [1.82, 2.24) is 0 Å². The molecule has 0 fully saturated rings. The molecular formula is C22H15FOS. The standard InChI is InChI=1S/C22H15FOS/c23-17-12-10-15(11-13-17)14-19-21(24)18-8-4-5-9-20(18)25-22(19)16-6-2-1-3-7-16/h1-14,22H/b19-14+. The van der Waals surface area contributed by atoms with E-state index >= 15 is 0 Å². The molecule has 0 saturated heterocycles. The molecule has 1 heterocycles. The zero-order valence-corrected chi connectivity index (χ0v) is 14.2. The van der Waals surface area contributed by atoms with Crippen LogP contribution in [-0.4, -0.2) is 5.78 Å². The Labute approximate surface area is 150 Å². The fourth-order valence-electron chi connectivity index (χ4n) is 2.98. The molecule has 122 valence electrons. The highest BCUT2D eigenvalue weighted by Gasteiger charge is 2.31. The van der Waals surface area contributed by atoms with Crippen molar-refractivity contribution in [3.8, 4) is 0 Å². The molecule has 3 heteroatoms. The normalized spacial score (nSPS) is 18.2. The molecule has 4 rings (SSSR count). The number of ketones is 1. The summed E-state index contributed by atoms with van der Waals surface area (Å²) in [4.78, 5) is 14.1. The molecule has 3 aromatic rings. The molecule has 3 aromatic carbocycles. The fraction of sp³-hybridized carbons (Fsp3) is 0.0455. The number of halogens is 1. The van der Waals surface area contributed by atoms with Gasteiger partial charge in [0.15, 0.2) is 5.78 Å². The van der Waals surface area contributed by atoms with E-state index in [4.69, 9.17) is 0 Å². The molecule has 1 nitrogen and oxygen atoms in total. The molecule has 1 aliphatic heterocycles. The SMILES string of the molecule is O=C1/C(=C\c2ccc(F)cc2)C(c2ccccc2)Sc2ccccc21. The van der Waals surface area contributed by atoms with Crippen molar-refractivity contribution in [1.29, 1.82) is 0 Å². The smallest absolute Gasteiger partial charge is 0.191 e. The van der Waals surface area contributed by atoms with Gasteiger partial charge >= 0.3 is 0 Å². The van der Waals surface area contributed by atoms with Crippen molar-refractivity contribution in [2.75, 3.05) is 0 Å². The monoisotopic (exact) mass is 346 g/mol. The third kappa shape index (κ3) is 3.15. The molecular weight excluding hydrogens is 331 g/mol. The highest BCUT2D eigenvalue weighted by molar-refractivity contribution is 8.00. The third-order valence-corrected chi connectivity index (χ3v) is 5.59. The van der Waals surface area contributed by atoms with Gasteiger partial charge < -0.3 is 0 Å². The van der Waals surface area contributed by atoms with Gasteiger partial charge in [0.2, 0.25) is 0 Å². The number of rotatable bonds is 2. The summed E-state index contributed by atoms with van der Waals surface area (Å²) < 4.78 is 13.2. The first kappa shape index (κ1) is 15.9. The highest BCUT2D eigenvalue weighted by Crippen LogP contribution is 2.48. The first-order valence-corrected chi connectivity index (χ1v) is 8.93. The lowest BCUT2D eigenvalue weighted by Crippen LogP contribution is -2.16. The van der Waals surface area contributed by atoms with Gasteiger partial charge in [-0.05, 0) is 41.5 Å². The van der Waals surface area contributed by atoms with Crippen LogP contribution in [0.1, 0.15) is 26.7 Å². The van der Waals surface area contributed by atoms with Crippen LogP contribution >= 0.6 is 11.8 Å². The van der Waals surface area contributed by atoms with Gasteiger partial charge in [0.1, 0.15) is 5.82 Å². The van der Waals surface area contributed by atoms with Crippen LogP contribution in [0.15, 0.2) is 89.3 Å². The van der Waals surface area contributed by atoms with Gasteiger partial charge in [0.25, 0.3) is 0 Å². The Kier molecular flexibility index (Phi) is 4.24. The maximum atomic E-state index is 13.2. The Morgan fingerprint density at radius 1 is 0.840 bits per heavy atom. The minimum atomic E-state index is -0.281. The molecule has 0 aliphatic carbocycles. The summed E-state index contributed by atoms with van der Waals surface area (Å²) in [7, 11) is 0. The Balaban J connectivity index is 1.85. The van der Waals surface area contributed by atoms with Gasteiger partial charge in [-0.1, -0.05) is 54.6 Å². The van der Waals surface area contributed by atoms with Gasteiger partial charge in [0, 0.05) is 16.0 Å². The van der Waals surface area contributed by atoms with E-state index in [9.17, 15) is 9.18 Å². The Bertz CT molecular complexity index is 945. The van der Waals surface area contributed by atoms with Crippen molar-refractivity contribution >= 4 is 23.6 Å². The van der Waals surface area contributed by atoms with E-state index in [0.717, 1.165) is 27.2 Å². The number of Topliss-reactive ketones (excluding diaryl/α,β-unsaturated/α-hetero) is 1. The highest BCUT2D eigenvalue weighted by atomic mass is 32.2. The average molecular weight is 346 g/mol. The Morgan fingerprint density at radius 2 is 1.52 bits per heavy atom. The summed E-state index contributed by atoms with van der Waals surface area (Å²) in [5, 5.41) is -0.0753.